The van der Waals surface area contributed by atoms with Crippen molar-refractivity contribution in [1.29, 1.82) is 0 Å². The molecule has 0 fully saturated rings. The maximum atomic E-state index is 12.3. The fraction of sp³-hybridized carbons (Fsp3) is 0.150. The predicted molar refractivity (Wildman–Crippen MR) is 89.9 cm³/mol. The molecule has 3 aromatic rings. The molecule has 5 nitrogen and oxygen atoms in total. The first-order chi connectivity index (χ1) is 12.1. The SMILES string of the molecule is O=C1C[C@@H](O)C2(Oc3cccc4cccc(c34)O2)c2cccc(O)c21. The average molecular weight is 334 g/mol. The van der Waals surface area contributed by atoms with Gasteiger partial charge in [-0.2, -0.15) is 0 Å². The molecule has 0 saturated heterocycles. The third-order valence-corrected chi connectivity index (χ3v) is 4.87. The zero-order valence-electron chi connectivity index (χ0n) is 13.1. The largest absolute Gasteiger partial charge is 0.507 e. The number of ketones is 1. The van der Waals surface area contributed by atoms with Crippen LogP contribution in [0.4, 0.5) is 0 Å². The van der Waals surface area contributed by atoms with Gasteiger partial charge in [0.2, 0.25) is 0 Å². The van der Waals surface area contributed by atoms with Gasteiger partial charge in [-0.25, -0.2) is 0 Å². The van der Waals surface area contributed by atoms with E-state index in [1.807, 2.05) is 36.4 Å². The highest BCUT2D eigenvalue weighted by atomic mass is 16.7. The lowest BCUT2D eigenvalue weighted by atomic mass is 9.82. The van der Waals surface area contributed by atoms with E-state index in [4.69, 9.17) is 9.47 Å². The number of Topliss-reactive ketones (excluding diaryl/α,β-unsaturated/α-hetero) is 1. The molecule has 1 aliphatic carbocycles. The summed E-state index contributed by atoms with van der Waals surface area (Å²) in [6.07, 6.45) is -1.39. The highest BCUT2D eigenvalue weighted by Gasteiger charge is 2.54. The fourth-order valence-corrected chi connectivity index (χ4v) is 3.75. The molecule has 1 atom stereocenters. The minimum absolute atomic E-state index is 0.138. The molecule has 0 saturated carbocycles. The van der Waals surface area contributed by atoms with E-state index < -0.39 is 11.9 Å². The Morgan fingerprint density at radius 2 is 1.60 bits per heavy atom. The van der Waals surface area contributed by atoms with E-state index in [0.717, 1.165) is 10.8 Å². The van der Waals surface area contributed by atoms with Crippen LogP contribution in [-0.2, 0) is 5.79 Å². The standard InChI is InChI=1S/C20H14O5/c21-13-7-3-6-12-19(13)14(22)10-17(23)20(12)24-15-8-1-4-11-5-2-9-16(25-20)18(11)15/h1-9,17,21,23H,10H2/t17-/m1/s1. The monoisotopic (exact) mass is 334 g/mol. The van der Waals surface area contributed by atoms with Crippen molar-refractivity contribution in [2.24, 2.45) is 0 Å². The molecule has 0 unspecified atom stereocenters. The highest BCUT2D eigenvalue weighted by Crippen LogP contribution is 2.50. The van der Waals surface area contributed by atoms with E-state index in [-0.39, 0.29) is 23.5 Å². The number of aliphatic hydroxyl groups excluding tert-OH is 1. The number of hydrogen-bond acceptors (Lipinski definition) is 5. The third kappa shape index (κ3) is 1.78. The second kappa shape index (κ2) is 4.74. The van der Waals surface area contributed by atoms with Gasteiger partial charge in [0.25, 0.3) is 0 Å². The molecule has 1 heterocycles. The quantitative estimate of drug-likeness (QED) is 0.661. The molecule has 0 bridgehead atoms. The number of aromatic hydroxyl groups is 1. The van der Waals surface area contributed by atoms with Gasteiger partial charge in [-0.1, -0.05) is 36.4 Å². The Balaban J connectivity index is 1.80. The molecule has 1 aliphatic heterocycles. The van der Waals surface area contributed by atoms with Gasteiger partial charge in [-0.05, 0) is 23.6 Å². The maximum absolute atomic E-state index is 12.3. The van der Waals surface area contributed by atoms with Crippen LogP contribution in [0.2, 0.25) is 0 Å². The van der Waals surface area contributed by atoms with Crippen LogP contribution in [-0.4, -0.2) is 22.1 Å². The van der Waals surface area contributed by atoms with Crippen LogP contribution in [0.5, 0.6) is 17.2 Å². The topological polar surface area (TPSA) is 76.0 Å². The van der Waals surface area contributed by atoms with Gasteiger partial charge in [0.05, 0.1) is 16.5 Å². The molecule has 0 radical (unpaired) electrons. The van der Waals surface area contributed by atoms with E-state index in [2.05, 4.69) is 0 Å². The Kier molecular flexibility index (Phi) is 2.71. The molecule has 5 rings (SSSR count). The summed E-state index contributed by atoms with van der Waals surface area (Å²) in [5.41, 5.74) is 0.474. The summed E-state index contributed by atoms with van der Waals surface area (Å²) in [5, 5.41) is 22.7. The minimum atomic E-state index is -1.56. The summed E-state index contributed by atoms with van der Waals surface area (Å²) >= 11 is 0. The Morgan fingerprint density at radius 3 is 2.28 bits per heavy atom. The number of fused-ring (bicyclic) bond motifs is 2. The van der Waals surface area contributed by atoms with Crippen molar-refractivity contribution in [3.63, 3.8) is 0 Å². The number of carbonyl (C=O) groups excluding carboxylic acids is 1. The number of phenolic OH excluding ortho intramolecular Hbond substituents is 1. The van der Waals surface area contributed by atoms with Crippen LogP contribution in [0.3, 0.4) is 0 Å². The van der Waals surface area contributed by atoms with Crippen molar-refractivity contribution in [1.82, 2.24) is 0 Å². The zero-order valence-corrected chi connectivity index (χ0v) is 13.1. The van der Waals surface area contributed by atoms with Gasteiger partial charge in [-0.3, -0.25) is 4.79 Å². The molecule has 0 aromatic heterocycles. The molecule has 1 spiro atoms. The second-order valence-electron chi connectivity index (χ2n) is 6.32. The summed E-state index contributed by atoms with van der Waals surface area (Å²) in [5.74, 6) is -0.900. The molecule has 2 N–H and O–H groups in total. The van der Waals surface area contributed by atoms with Gasteiger partial charge in [-0.15, -0.1) is 0 Å². The van der Waals surface area contributed by atoms with E-state index in [9.17, 15) is 15.0 Å². The van der Waals surface area contributed by atoms with Crippen molar-refractivity contribution in [2.75, 3.05) is 0 Å². The summed E-state index contributed by atoms with van der Waals surface area (Å²) in [6.45, 7) is 0. The van der Waals surface area contributed by atoms with Crippen molar-refractivity contribution >= 4 is 16.6 Å². The van der Waals surface area contributed by atoms with Gasteiger partial charge in [0.15, 0.2) is 5.78 Å². The van der Waals surface area contributed by atoms with Crippen molar-refractivity contribution < 1.29 is 24.5 Å². The molecule has 124 valence electrons. The maximum Gasteiger partial charge on any atom is 0.305 e. The number of carbonyl (C=O) groups is 1. The van der Waals surface area contributed by atoms with Gasteiger partial charge < -0.3 is 19.7 Å². The van der Waals surface area contributed by atoms with Crippen LogP contribution in [0, 0.1) is 0 Å². The van der Waals surface area contributed by atoms with Gasteiger partial charge in [0.1, 0.15) is 23.4 Å². The molecular weight excluding hydrogens is 320 g/mol. The summed E-state index contributed by atoms with van der Waals surface area (Å²) in [7, 11) is 0. The van der Waals surface area contributed by atoms with E-state index >= 15 is 0 Å². The van der Waals surface area contributed by atoms with Gasteiger partial charge in [0, 0.05) is 6.42 Å². The van der Waals surface area contributed by atoms with Crippen molar-refractivity contribution in [3.8, 4) is 17.2 Å². The third-order valence-electron chi connectivity index (χ3n) is 4.87. The van der Waals surface area contributed by atoms with Crippen LogP contribution < -0.4 is 9.47 Å². The van der Waals surface area contributed by atoms with Crippen LogP contribution >= 0.6 is 0 Å². The number of phenols is 1. The smallest absolute Gasteiger partial charge is 0.305 e. The zero-order chi connectivity index (χ0) is 17.2. The normalized spacial score (nSPS) is 20.0. The lowest BCUT2D eigenvalue weighted by molar-refractivity contribution is -0.200. The molecule has 0 amide bonds. The summed E-state index contributed by atoms with van der Waals surface area (Å²) < 4.78 is 12.3. The lowest BCUT2D eigenvalue weighted by Crippen LogP contribution is -2.55. The van der Waals surface area contributed by atoms with E-state index in [0.29, 0.717) is 17.1 Å². The molecule has 2 aliphatic rings. The number of aliphatic hydroxyl groups is 1. The first-order valence-corrected chi connectivity index (χ1v) is 8.03. The summed E-state index contributed by atoms with van der Waals surface area (Å²) in [4.78, 5) is 12.3. The fourth-order valence-electron chi connectivity index (χ4n) is 3.75. The Morgan fingerprint density at radius 1 is 0.960 bits per heavy atom. The van der Waals surface area contributed by atoms with E-state index in [1.165, 1.54) is 6.07 Å². The lowest BCUT2D eigenvalue weighted by Gasteiger charge is -2.44. The van der Waals surface area contributed by atoms with Gasteiger partial charge >= 0.3 is 5.79 Å². The summed E-state index contributed by atoms with van der Waals surface area (Å²) in [6, 6.07) is 15.9. The predicted octanol–water partition coefficient (Wildman–Crippen LogP) is 3.12. The molecule has 3 aromatic carbocycles. The van der Waals surface area contributed by atoms with E-state index in [1.54, 1.807) is 12.1 Å². The molecule has 5 heteroatoms. The highest BCUT2D eigenvalue weighted by molar-refractivity contribution is 6.02. The van der Waals surface area contributed by atoms with Crippen molar-refractivity contribution in [2.45, 2.75) is 18.3 Å². The first kappa shape index (κ1) is 14.3. The molecule has 25 heavy (non-hydrogen) atoms. The molecular formula is C20H14O5. The number of hydrogen-bond donors (Lipinski definition) is 2. The van der Waals surface area contributed by atoms with Crippen LogP contribution in [0.1, 0.15) is 22.3 Å². The van der Waals surface area contributed by atoms with Crippen LogP contribution in [0.15, 0.2) is 54.6 Å². The second-order valence-corrected chi connectivity index (χ2v) is 6.32. The Hall–Kier alpha value is -3.05. The van der Waals surface area contributed by atoms with Crippen LogP contribution in [0.25, 0.3) is 10.8 Å². The average Bonchev–Trinajstić information content (AvgIpc) is 2.60. The Bertz CT molecular complexity index is 999. The van der Waals surface area contributed by atoms with Crippen molar-refractivity contribution in [3.05, 3.63) is 65.7 Å². The number of rotatable bonds is 0. The first-order valence-electron chi connectivity index (χ1n) is 8.03. The number of ether oxygens (including phenoxy) is 2. The number of benzene rings is 3. The minimum Gasteiger partial charge on any atom is -0.507 e. The Labute approximate surface area is 143 Å².